The molecule has 2 heterocycles. The minimum absolute atomic E-state index is 0.358. The molecule has 1 aliphatic heterocycles. The predicted octanol–water partition coefficient (Wildman–Crippen LogP) is 2.97. The van der Waals surface area contributed by atoms with Gasteiger partial charge in [-0.3, -0.25) is 4.90 Å². The van der Waals surface area contributed by atoms with Crippen LogP contribution in [0.3, 0.4) is 0 Å². The number of nitrogens with zero attached hydrogens (tertiary/aromatic N) is 3. The molecule has 0 radical (unpaired) electrons. The van der Waals surface area contributed by atoms with Crippen LogP contribution in [-0.2, 0) is 23.0 Å². The fraction of sp³-hybridized carbons (Fsp3) is 0.526. The van der Waals surface area contributed by atoms with Crippen LogP contribution in [0.25, 0.3) is 0 Å². The van der Waals surface area contributed by atoms with Gasteiger partial charge in [-0.1, -0.05) is 17.3 Å². The van der Waals surface area contributed by atoms with Crippen LogP contribution in [0.4, 0.5) is 0 Å². The Labute approximate surface area is 166 Å². The maximum absolute atomic E-state index is 12.9. The molecule has 1 aliphatic rings. The lowest BCUT2D eigenvalue weighted by molar-refractivity contribution is 0.180. The van der Waals surface area contributed by atoms with Gasteiger partial charge in [-0.2, -0.15) is 4.31 Å². The Morgan fingerprint density at radius 1 is 1.11 bits per heavy atom. The molecule has 27 heavy (non-hydrogen) atoms. The van der Waals surface area contributed by atoms with Crippen molar-refractivity contribution in [2.45, 2.75) is 38.1 Å². The quantitative estimate of drug-likeness (QED) is 0.655. The topological polar surface area (TPSA) is 66.7 Å². The van der Waals surface area contributed by atoms with E-state index < -0.39 is 10.0 Å². The number of hydrogen-bond donors (Lipinski definition) is 0. The molecule has 0 amide bonds. The Kier molecular flexibility index (Phi) is 6.57. The molecule has 1 fully saturated rings. The lowest BCUT2D eigenvalue weighted by Crippen LogP contribution is -2.48. The fourth-order valence-corrected chi connectivity index (χ4v) is 4.88. The number of aryl methyl sites for hydroxylation is 3. The van der Waals surface area contributed by atoms with Crippen LogP contribution >= 0.6 is 11.6 Å². The molecule has 0 aliphatic carbocycles. The van der Waals surface area contributed by atoms with Gasteiger partial charge >= 0.3 is 0 Å². The minimum Gasteiger partial charge on any atom is -0.361 e. The summed E-state index contributed by atoms with van der Waals surface area (Å²) in [5.41, 5.74) is 3.11. The highest BCUT2D eigenvalue weighted by molar-refractivity contribution is 7.89. The molecule has 0 spiro atoms. The molecular weight excluding hydrogens is 386 g/mol. The number of sulfonamides is 1. The van der Waals surface area contributed by atoms with Gasteiger partial charge in [0.1, 0.15) is 5.76 Å². The van der Waals surface area contributed by atoms with Gasteiger partial charge in [-0.15, -0.1) is 11.6 Å². The number of rotatable bonds is 7. The SMILES string of the molecule is Cc1noc(C)c1CN1CCN(S(=O)(=O)c2ccc(CCCCl)cc2)CC1. The zero-order chi connectivity index (χ0) is 19.4. The van der Waals surface area contributed by atoms with Crippen molar-refractivity contribution in [1.29, 1.82) is 0 Å². The summed E-state index contributed by atoms with van der Waals surface area (Å²) in [7, 11) is -3.45. The van der Waals surface area contributed by atoms with E-state index in [1.807, 2.05) is 26.0 Å². The van der Waals surface area contributed by atoms with Crippen LogP contribution < -0.4 is 0 Å². The van der Waals surface area contributed by atoms with Crippen molar-refractivity contribution < 1.29 is 12.9 Å². The first-order chi connectivity index (χ1) is 12.9. The molecule has 148 valence electrons. The monoisotopic (exact) mass is 411 g/mol. The standard InChI is InChI=1S/C19H26ClN3O3S/c1-15-19(16(2)26-21-15)14-22-10-12-23(13-11-22)27(24,25)18-7-5-17(6-8-18)4-3-9-20/h5-8H,3-4,9-14H2,1-2H3. The number of hydrogen-bond acceptors (Lipinski definition) is 5. The Morgan fingerprint density at radius 2 is 1.78 bits per heavy atom. The summed E-state index contributed by atoms with van der Waals surface area (Å²) in [5, 5.41) is 3.99. The van der Waals surface area contributed by atoms with Gasteiger partial charge in [0.2, 0.25) is 10.0 Å². The summed E-state index contributed by atoms with van der Waals surface area (Å²) in [6.07, 6.45) is 1.75. The molecule has 2 aromatic rings. The summed E-state index contributed by atoms with van der Waals surface area (Å²) in [6, 6.07) is 7.17. The van der Waals surface area contributed by atoms with Crippen LogP contribution in [0.15, 0.2) is 33.7 Å². The van der Waals surface area contributed by atoms with E-state index in [0.717, 1.165) is 42.0 Å². The van der Waals surface area contributed by atoms with Gasteiger partial charge in [0.25, 0.3) is 0 Å². The van der Waals surface area contributed by atoms with Gasteiger partial charge in [-0.05, 0) is 44.4 Å². The van der Waals surface area contributed by atoms with Gasteiger partial charge in [0.15, 0.2) is 0 Å². The van der Waals surface area contributed by atoms with Crippen molar-refractivity contribution in [3.8, 4) is 0 Å². The van der Waals surface area contributed by atoms with Crippen molar-refractivity contribution in [1.82, 2.24) is 14.4 Å². The summed E-state index contributed by atoms with van der Waals surface area (Å²) in [6.45, 7) is 6.94. The van der Waals surface area contributed by atoms with Crippen molar-refractivity contribution in [2.75, 3.05) is 32.1 Å². The zero-order valence-electron chi connectivity index (χ0n) is 15.8. The minimum atomic E-state index is -3.45. The highest BCUT2D eigenvalue weighted by Crippen LogP contribution is 2.21. The van der Waals surface area contributed by atoms with Gasteiger partial charge in [0, 0.05) is 44.2 Å². The Morgan fingerprint density at radius 3 is 2.33 bits per heavy atom. The highest BCUT2D eigenvalue weighted by Gasteiger charge is 2.29. The van der Waals surface area contributed by atoms with E-state index in [1.54, 1.807) is 16.4 Å². The Bertz CT molecular complexity index is 837. The number of piperazine rings is 1. The molecule has 6 nitrogen and oxygen atoms in total. The molecule has 0 N–H and O–H groups in total. The average molecular weight is 412 g/mol. The highest BCUT2D eigenvalue weighted by atomic mass is 35.5. The van der Waals surface area contributed by atoms with E-state index in [4.69, 9.17) is 16.1 Å². The molecule has 0 atom stereocenters. The number of halogens is 1. The van der Waals surface area contributed by atoms with E-state index in [9.17, 15) is 8.42 Å². The summed E-state index contributed by atoms with van der Waals surface area (Å²) >= 11 is 5.72. The van der Waals surface area contributed by atoms with Crippen molar-refractivity contribution >= 4 is 21.6 Å². The molecule has 3 rings (SSSR count). The predicted molar refractivity (Wildman–Crippen MR) is 105 cm³/mol. The zero-order valence-corrected chi connectivity index (χ0v) is 17.4. The third-order valence-electron chi connectivity index (χ3n) is 5.05. The van der Waals surface area contributed by atoms with E-state index in [0.29, 0.717) is 37.0 Å². The first-order valence-corrected chi connectivity index (χ1v) is 11.2. The molecule has 8 heteroatoms. The first kappa shape index (κ1) is 20.3. The first-order valence-electron chi connectivity index (χ1n) is 9.21. The molecule has 1 saturated heterocycles. The maximum Gasteiger partial charge on any atom is 0.243 e. The van der Waals surface area contributed by atoms with E-state index in [1.165, 1.54) is 0 Å². The van der Waals surface area contributed by atoms with Crippen molar-refractivity contribution in [3.05, 3.63) is 46.8 Å². The molecule has 0 saturated carbocycles. The van der Waals surface area contributed by atoms with E-state index >= 15 is 0 Å². The molecule has 0 unspecified atom stereocenters. The lowest BCUT2D eigenvalue weighted by atomic mass is 10.1. The largest absolute Gasteiger partial charge is 0.361 e. The number of benzene rings is 1. The summed E-state index contributed by atoms with van der Waals surface area (Å²) < 4.78 is 32.6. The molecule has 1 aromatic heterocycles. The third kappa shape index (κ3) is 4.71. The molecule has 1 aromatic carbocycles. The summed E-state index contributed by atoms with van der Waals surface area (Å²) in [5.74, 6) is 1.44. The molecule has 0 bridgehead atoms. The maximum atomic E-state index is 12.9. The molecular formula is C19H26ClN3O3S. The third-order valence-corrected chi connectivity index (χ3v) is 7.23. The van der Waals surface area contributed by atoms with Gasteiger partial charge in [-0.25, -0.2) is 8.42 Å². The Hall–Kier alpha value is -1.41. The fourth-order valence-electron chi connectivity index (χ4n) is 3.33. The number of aromatic nitrogens is 1. The normalized spacial score (nSPS) is 16.7. The Balaban J connectivity index is 1.61. The summed E-state index contributed by atoms with van der Waals surface area (Å²) in [4.78, 5) is 2.60. The second-order valence-electron chi connectivity index (χ2n) is 6.92. The van der Waals surface area contributed by atoms with Crippen LogP contribution in [0.5, 0.6) is 0 Å². The van der Waals surface area contributed by atoms with Crippen LogP contribution in [-0.4, -0.2) is 54.8 Å². The smallest absolute Gasteiger partial charge is 0.243 e. The van der Waals surface area contributed by atoms with Crippen LogP contribution in [0, 0.1) is 13.8 Å². The lowest BCUT2D eigenvalue weighted by Gasteiger charge is -2.33. The second-order valence-corrected chi connectivity index (χ2v) is 9.24. The van der Waals surface area contributed by atoms with Crippen molar-refractivity contribution in [2.24, 2.45) is 0 Å². The van der Waals surface area contributed by atoms with E-state index in [-0.39, 0.29) is 0 Å². The van der Waals surface area contributed by atoms with Crippen LogP contribution in [0.2, 0.25) is 0 Å². The van der Waals surface area contributed by atoms with E-state index in [2.05, 4.69) is 10.1 Å². The van der Waals surface area contributed by atoms with Gasteiger partial charge < -0.3 is 4.52 Å². The average Bonchev–Trinajstić information content (AvgIpc) is 2.99. The van der Waals surface area contributed by atoms with Crippen LogP contribution in [0.1, 0.15) is 29.0 Å². The van der Waals surface area contributed by atoms with Crippen molar-refractivity contribution in [3.63, 3.8) is 0 Å². The number of alkyl halides is 1. The van der Waals surface area contributed by atoms with Gasteiger partial charge in [0.05, 0.1) is 10.6 Å². The second kappa shape index (κ2) is 8.73.